The van der Waals surface area contributed by atoms with E-state index in [4.69, 9.17) is 0 Å². The molecule has 1 saturated heterocycles. The highest BCUT2D eigenvalue weighted by Gasteiger charge is 2.16. The maximum atomic E-state index is 13.2. The van der Waals surface area contributed by atoms with Gasteiger partial charge in [0.05, 0.1) is 0 Å². The Balaban J connectivity index is 2.20. The van der Waals surface area contributed by atoms with Gasteiger partial charge in [-0.15, -0.1) is 0 Å². The smallest absolute Gasteiger partial charge is 0.162 e. The van der Waals surface area contributed by atoms with E-state index in [2.05, 4.69) is 4.90 Å². The van der Waals surface area contributed by atoms with Gasteiger partial charge in [-0.1, -0.05) is 6.07 Å². The second kappa shape index (κ2) is 3.65. The first-order valence-electron chi connectivity index (χ1n) is 4.84. The van der Waals surface area contributed by atoms with Crippen LogP contribution in [0.4, 0.5) is 8.78 Å². The number of hydrogen-bond acceptors (Lipinski definition) is 1. The van der Waals surface area contributed by atoms with E-state index < -0.39 is 11.6 Å². The van der Waals surface area contributed by atoms with Crippen molar-refractivity contribution in [2.24, 2.45) is 0 Å². The Bertz CT molecular complexity index is 345. The van der Waals surface area contributed by atoms with Crippen LogP contribution < -0.4 is 0 Å². The molecular formula is C11H13F2N. The molecule has 0 saturated carbocycles. The summed E-state index contributed by atoms with van der Waals surface area (Å²) in [6, 6.07) is 2.88. The molecule has 0 amide bonds. The van der Waals surface area contributed by atoms with E-state index in [1.54, 1.807) is 13.0 Å². The summed E-state index contributed by atoms with van der Waals surface area (Å²) in [5, 5.41) is 0. The van der Waals surface area contributed by atoms with Gasteiger partial charge >= 0.3 is 0 Å². The molecule has 1 nitrogen and oxygen atoms in total. The molecule has 14 heavy (non-hydrogen) atoms. The molecule has 0 N–H and O–H groups in total. The lowest BCUT2D eigenvalue weighted by Crippen LogP contribution is -2.36. The third-order valence-electron chi connectivity index (χ3n) is 2.79. The average molecular weight is 197 g/mol. The van der Waals surface area contributed by atoms with Crippen molar-refractivity contribution in [1.29, 1.82) is 0 Å². The molecule has 76 valence electrons. The van der Waals surface area contributed by atoms with Gasteiger partial charge in [-0.25, -0.2) is 8.78 Å². The second-order valence-electron chi connectivity index (χ2n) is 3.78. The van der Waals surface area contributed by atoms with Crippen molar-refractivity contribution in [3.8, 4) is 0 Å². The van der Waals surface area contributed by atoms with Crippen molar-refractivity contribution in [2.75, 3.05) is 13.1 Å². The normalized spacial score (nSPS) is 16.8. The molecule has 0 atom stereocenters. The van der Waals surface area contributed by atoms with Gasteiger partial charge in [0.15, 0.2) is 11.6 Å². The molecular weight excluding hydrogens is 184 g/mol. The van der Waals surface area contributed by atoms with Crippen LogP contribution in [0.5, 0.6) is 0 Å². The topological polar surface area (TPSA) is 3.24 Å². The van der Waals surface area contributed by atoms with Crippen LogP contribution in [0.3, 0.4) is 0 Å². The van der Waals surface area contributed by atoms with E-state index in [1.807, 2.05) is 0 Å². The largest absolute Gasteiger partial charge is 0.299 e. The van der Waals surface area contributed by atoms with Crippen LogP contribution in [-0.2, 0) is 6.54 Å². The highest BCUT2D eigenvalue weighted by Crippen LogP contribution is 2.19. The Morgan fingerprint density at radius 3 is 2.57 bits per heavy atom. The van der Waals surface area contributed by atoms with Gasteiger partial charge in [-0.2, -0.15) is 0 Å². The van der Waals surface area contributed by atoms with Crippen LogP contribution in [0.2, 0.25) is 0 Å². The molecule has 1 heterocycles. The second-order valence-corrected chi connectivity index (χ2v) is 3.78. The van der Waals surface area contributed by atoms with Crippen LogP contribution >= 0.6 is 0 Å². The number of rotatable bonds is 2. The average Bonchev–Trinajstić information content (AvgIpc) is 2.10. The van der Waals surface area contributed by atoms with Crippen LogP contribution in [0.15, 0.2) is 12.1 Å². The minimum atomic E-state index is -0.755. The lowest BCUT2D eigenvalue weighted by molar-refractivity contribution is 0.172. The Morgan fingerprint density at radius 2 is 2.00 bits per heavy atom. The van der Waals surface area contributed by atoms with Crippen molar-refractivity contribution < 1.29 is 8.78 Å². The highest BCUT2D eigenvalue weighted by atomic mass is 19.2. The molecule has 1 aliphatic rings. The van der Waals surface area contributed by atoms with Crippen molar-refractivity contribution in [2.45, 2.75) is 19.9 Å². The predicted octanol–water partition coefficient (Wildman–Crippen LogP) is 2.48. The van der Waals surface area contributed by atoms with Crippen LogP contribution in [0, 0.1) is 18.6 Å². The predicted molar refractivity (Wildman–Crippen MR) is 51.0 cm³/mol. The summed E-state index contributed by atoms with van der Waals surface area (Å²) in [4.78, 5) is 2.22. The quantitative estimate of drug-likeness (QED) is 0.704. The van der Waals surface area contributed by atoms with Gasteiger partial charge in [0.25, 0.3) is 0 Å². The first-order valence-corrected chi connectivity index (χ1v) is 4.84. The van der Waals surface area contributed by atoms with E-state index in [-0.39, 0.29) is 0 Å². The SMILES string of the molecule is Cc1c(CN2CCC2)ccc(F)c1F. The summed E-state index contributed by atoms with van der Waals surface area (Å²) < 4.78 is 26.0. The standard InChI is InChI=1S/C11H13F2N/c1-8-9(7-14-5-2-6-14)3-4-10(12)11(8)13/h3-4H,2,5-7H2,1H3. The summed E-state index contributed by atoms with van der Waals surface area (Å²) in [5.41, 5.74) is 1.33. The third-order valence-corrected chi connectivity index (χ3v) is 2.79. The molecule has 3 heteroatoms. The fraction of sp³-hybridized carbons (Fsp3) is 0.455. The maximum Gasteiger partial charge on any atom is 0.162 e. The van der Waals surface area contributed by atoms with E-state index >= 15 is 0 Å². The molecule has 0 spiro atoms. The lowest BCUT2D eigenvalue weighted by atomic mass is 10.1. The first-order chi connectivity index (χ1) is 6.68. The lowest BCUT2D eigenvalue weighted by Gasteiger charge is -2.31. The number of likely N-dealkylation sites (tertiary alicyclic amines) is 1. The molecule has 1 aromatic carbocycles. The Hall–Kier alpha value is -0.960. The van der Waals surface area contributed by atoms with E-state index in [9.17, 15) is 8.78 Å². The van der Waals surface area contributed by atoms with Gasteiger partial charge < -0.3 is 0 Å². The molecule has 0 radical (unpaired) electrons. The number of halogens is 2. The van der Waals surface area contributed by atoms with Gasteiger partial charge in [0.1, 0.15) is 0 Å². The zero-order chi connectivity index (χ0) is 10.1. The molecule has 0 bridgehead atoms. The maximum absolute atomic E-state index is 13.2. The summed E-state index contributed by atoms with van der Waals surface area (Å²) in [6.45, 7) is 4.51. The van der Waals surface area contributed by atoms with Crippen molar-refractivity contribution >= 4 is 0 Å². The Morgan fingerprint density at radius 1 is 1.29 bits per heavy atom. The first kappa shape index (κ1) is 9.59. The monoisotopic (exact) mass is 197 g/mol. The van der Waals surface area contributed by atoms with Crippen LogP contribution in [-0.4, -0.2) is 18.0 Å². The van der Waals surface area contributed by atoms with Crippen LogP contribution in [0.1, 0.15) is 17.5 Å². The molecule has 0 aliphatic carbocycles. The van der Waals surface area contributed by atoms with Crippen molar-refractivity contribution in [3.05, 3.63) is 34.9 Å². The van der Waals surface area contributed by atoms with Gasteiger partial charge in [-0.3, -0.25) is 4.90 Å². The van der Waals surface area contributed by atoms with Gasteiger partial charge in [0.2, 0.25) is 0 Å². The Labute approximate surface area is 82.3 Å². The summed E-state index contributed by atoms with van der Waals surface area (Å²) in [7, 11) is 0. The minimum absolute atomic E-state index is 0.442. The summed E-state index contributed by atoms with van der Waals surface area (Å²) >= 11 is 0. The number of hydrogen-bond donors (Lipinski definition) is 0. The van der Waals surface area contributed by atoms with E-state index in [0.29, 0.717) is 5.56 Å². The van der Waals surface area contributed by atoms with Gasteiger partial charge in [-0.05, 0) is 43.6 Å². The Kier molecular flexibility index (Phi) is 2.50. The van der Waals surface area contributed by atoms with E-state index in [0.717, 1.165) is 25.2 Å². The molecule has 1 aliphatic heterocycles. The highest BCUT2D eigenvalue weighted by molar-refractivity contribution is 5.28. The van der Waals surface area contributed by atoms with E-state index in [1.165, 1.54) is 12.5 Å². The van der Waals surface area contributed by atoms with Gasteiger partial charge in [0, 0.05) is 6.54 Å². The fourth-order valence-electron chi connectivity index (χ4n) is 1.64. The van der Waals surface area contributed by atoms with Crippen LogP contribution in [0.25, 0.3) is 0 Å². The molecule has 1 aromatic rings. The van der Waals surface area contributed by atoms with Crippen molar-refractivity contribution in [3.63, 3.8) is 0 Å². The number of benzene rings is 1. The summed E-state index contributed by atoms with van der Waals surface area (Å²) in [6.07, 6.45) is 1.21. The third kappa shape index (κ3) is 1.64. The molecule has 1 fully saturated rings. The fourth-order valence-corrected chi connectivity index (χ4v) is 1.64. The molecule has 2 rings (SSSR count). The summed E-state index contributed by atoms with van der Waals surface area (Å²) in [5.74, 6) is -1.46. The molecule has 0 aromatic heterocycles. The molecule has 0 unspecified atom stereocenters. The van der Waals surface area contributed by atoms with Crippen molar-refractivity contribution in [1.82, 2.24) is 4.90 Å². The zero-order valence-electron chi connectivity index (χ0n) is 8.19. The number of nitrogens with zero attached hydrogens (tertiary/aromatic N) is 1. The zero-order valence-corrected chi connectivity index (χ0v) is 8.19. The minimum Gasteiger partial charge on any atom is -0.299 e.